The van der Waals surface area contributed by atoms with Gasteiger partial charge in [-0.15, -0.1) is 11.3 Å². The minimum atomic E-state index is 0.155. The van der Waals surface area contributed by atoms with Crippen LogP contribution in [-0.2, 0) is 0 Å². The van der Waals surface area contributed by atoms with E-state index in [2.05, 4.69) is 42.7 Å². The summed E-state index contributed by atoms with van der Waals surface area (Å²) in [5, 5.41) is 6.92. The predicted octanol–water partition coefficient (Wildman–Crippen LogP) is 4.89. The summed E-state index contributed by atoms with van der Waals surface area (Å²) in [5.41, 5.74) is 2.28. The smallest absolute Gasteiger partial charge is 0.134 e. The highest BCUT2D eigenvalue weighted by atomic mass is 32.1. The lowest BCUT2D eigenvalue weighted by Crippen LogP contribution is -2.22. The number of hydrogen-bond acceptors (Lipinski definition) is 3. The molecule has 1 N–H and O–H groups in total. The molecule has 0 fully saturated rings. The number of furan rings is 1. The molecule has 3 heteroatoms. The van der Waals surface area contributed by atoms with E-state index in [1.807, 2.05) is 18.2 Å². The maximum atomic E-state index is 6.05. The fourth-order valence-electron chi connectivity index (χ4n) is 2.44. The molecule has 2 heterocycles. The van der Waals surface area contributed by atoms with Gasteiger partial charge in [-0.3, -0.25) is 0 Å². The third-order valence-electron chi connectivity index (χ3n) is 3.49. The quantitative estimate of drug-likeness (QED) is 0.722. The Morgan fingerprint density at radius 3 is 2.80 bits per heavy atom. The molecule has 2 nitrogen and oxygen atoms in total. The maximum absolute atomic E-state index is 6.05. The first-order chi connectivity index (χ1) is 9.79. The maximum Gasteiger partial charge on any atom is 0.134 e. The molecule has 0 radical (unpaired) electrons. The Labute approximate surface area is 123 Å². The number of hydrogen-bond donors (Lipinski definition) is 1. The molecule has 1 aromatic carbocycles. The fraction of sp³-hybridized carbons (Fsp3) is 0.294. The second kappa shape index (κ2) is 5.81. The van der Waals surface area contributed by atoms with Crippen molar-refractivity contribution in [1.82, 2.24) is 5.32 Å². The van der Waals surface area contributed by atoms with Crippen molar-refractivity contribution < 1.29 is 4.42 Å². The molecule has 0 saturated carbocycles. The second-order valence-electron chi connectivity index (χ2n) is 5.04. The van der Waals surface area contributed by atoms with Crippen molar-refractivity contribution in [3.8, 4) is 0 Å². The monoisotopic (exact) mass is 285 g/mol. The van der Waals surface area contributed by atoms with E-state index in [1.165, 1.54) is 15.8 Å². The number of fused-ring (bicyclic) bond motifs is 1. The predicted molar refractivity (Wildman–Crippen MR) is 85.4 cm³/mol. The van der Waals surface area contributed by atoms with E-state index >= 15 is 0 Å². The van der Waals surface area contributed by atoms with Crippen molar-refractivity contribution in [1.29, 1.82) is 0 Å². The van der Waals surface area contributed by atoms with Crippen LogP contribution in [0.25, 0.3) is 11.0 Å². The van der Waals surface area contributed by atoms with Crippen LogP contribution in [0.15, 0.2) is 46.2 Å². The van der Waals surface area contributed by atoms with Crippen molar-refractivity contribution in [3.05, 3.63) is 58.0 Å². The molecule has 0 aliphatic heterocycles. The van der Waals surface area contributed by atoms with Crippen LogP contribution < -0.4 is 5.32 Å². The largest absolute Gasteiger partial charge is 0.459 e. The molecular weight excluding hydrogens is 266 g/mol. The standard InChI is InChI=1S/C17H19NOS/c1-3-9-18-16(17-12(2)8-10-20-17)15-11-13-6-4-5-7-14(13)19-15/h4-8,10-11,16,18H,3,9H2,1-2H3. The molecule has 2 aromatic heterocycles. The van der Waals surface area contributed by atoms with Gasteiger partial charge in [-0.05, 0) is 49.0 Å². The van der Waals surface area contributed by atoms with E-state index in [1.54, 1.807) is 11.3 Å². The molecule has 0 aliphatic carbocycles. The summed E-state index contributed by atoms with van der Waals surface area (Å²) in [6.07, 6.45) is 1.11. The van der Waals surface area contributed by atoms with Crippen molar-refractivity contribution in [2.24, 2.45) is 0 Å². The van der Waals surface area contributed by atoms with E-state index in [4.69, 9.17) is 4.42 Å². The fourth-order valence-corrected chi connectivity index (χ4v) is 3.44. The van der Waals surface area contributed by atoms with Gasteiger partial charge in [-0.2, -0.15) is 0 Å². The van der Waals surface area contributed by atoms with Crippen LogP contribution in [0.4, 0.5) is 0 Å². The third kappa shape index (κ3) is 2.51. The van der Waals surface area contributed by atoms with Gasteiger partial charge >= 0.3 is 0 Å². The van der Waals surface area contributed by atoms with Gasteiger partial charge in [0.2, 0.25) is 0 Å². The Kier molecular flexibility index (Phi) is 3.90. The van der Waals surface area contributed by atoms with Crippen LogP contribution >= 0.6 is 11.3 Å². The Balaban J connectivity index is 2.02. The zero-order chi connectivity index (χ0) is 13.9. The normalized spacial score (nSPS) is 12.9. The summed E-state index contributed by atoms with van der Waals surface area (Å²) in [5.74, 6) is 1.00. The minimum Gasteiger partial charge on any atom is -0.459 e. The Hall–Kier alpha value is -1.58. The topological polar surface area (TPSA) is 25.2 Å². The van der Waals surface area contributed by atoms with E-state index < -0.39 is 0 Å². The van der Waals surface area contributed by atoms with Gasteiger partial charge < -0.3 is 9.73 Å². The van der Waals surface area contributed by atoms with Gasteiger partial charge in [-0.25, -0.2) is 0 Å². The summed E-state index contributed by atoms with van der Waals surface area (Å²) in [6.45, 7) is 5.33. The Morgan fingerprint density at radius 1 is 1.25 bits per heavy atom. The second-order valence-corrected chi connectivity index (χ2v) is 5.99. The lowest BCUT2D eigenvalue weighted by atomic mass is 10.1. The van der Waals surface area contributed by atoms with Crippen molar-refractivity contribution in [3.63, 3.8) is 0 Å². The van der Waals surface area contributed by atoms with Crippen molar-refractivity contribution >= 4 is 22.3 Å². The van der Waals surface area contributed by atoms with Crippen LogP contribution in [0.1, 0.15) is 35.6 Å². The summed E-state index contributed by atoms with van der Waals surface area (Å²) in [7, 11) is 0. The molecule has 3 rings (SSSR count). The molecule has 3 aromatic rings. The van der Waals surface area contributed by atoms with E-state index in [0.29, 0.717) is 0 Å². The lowest BCUT2D eigenvalue weighted by Gasteiger charge is -2.15. The molecule has 0 amide bonds. The zero-order valence-corrected chi connectivity index (χ0v) is 12.7. The van der Waals surface area contributed by atoms with E-state index in [9.17, 15) is 0 Å². The summed E-state index contributed by atoms with van der Waals surface area (Å²) in [4.78, 5) is 1.34. The van der Waals surface area contributed by atoms with E-state index in [0.717, 1.165) is 24.3 Å². The molecule has 1 unspecified atom stereocenters. The van der Waals surface area contributed by atoms with Crippen molar-refractivity contribution in [2.45, 2.75) is 26.3 Å². The minimum absolute atomic E-state index is 0.155. The molecule has 0 bridgehead atoms. The summed E-state index contributed by atoms with van der Waals surface area (Å²) >= 11 is 1.79. The highest BCUT2D eigenvalue weighted by Gasteiger charge is 2.20. The van der Waals surface area contributed by atoms with Crippen LogP contribution in [0.3, 0.4) is 0 Å². The number of benzene rings is 1. The van der Waals surface area contributed by atoms with Gasteiger partial charge in [0.1, 0.15) is 17.4 Å². The average Bonchev–Trinajstić information content (AvgIpc) is 3.06. The number of thiophene rings is 1. The summed E-state index contributed by atoms with van der Waals surface area (Å²) in [6, 6.07) is 12.7. The molecule has 0 saturated heterocycles. The zero-order valence-electron chi connectivity index (χ0n) is 11.8. The van der Waals surface area contributed by atoms with Crippen molar-refractivity contribution in [2.75, 3.05) is 6.54 Å². The van der Waals surface area contributed by atoms with Crippen LogP contribution in [-0.4, -0.2) is 6.54 Å². The van der Waals surface area contributed by atoms with E-state index in [-0.39, 0.29) is 6.04 Å². The third-order valence-corrected chi connectivity index (χ3v) is 4.58. The molecule has 0 aliphatic rings. The van der Waals surface area contributed by atoms with Crippen LogP contribution in [0, 0.1) is 6.92 Å². The number of rotatable bonds is 5. The lowest BCUT2D eigenvalue weighted by molar-refractivity contribution is 0.472. The number of nitrogens with one attached hydrogen (secondary N) is 1. The van der Waals surface area contributed by atoms with Gasteiger partial charge in [0.25, 0.3) is 0 Å². The first kappa shape index (κ1) is 13.4. The van der Waals surface area contributed by atoms with Crippen LogP contribution in [0.5, 0.6) is 0 Å². The molecule has 1 atom stereocenters. The molecule has 0 spiro atoms. The average molecular weight is 285 g/mol. The van der Waals surface area contributed by atoms with Gasteiger partial charge in [-0.1, -0.05) is 25.1 Å². The highest BCUT2D eigenvalue weighted by Crippen LogP contribution is 2.32. The number of para-hydroxylation sites is 1. The Bertz CT molecular complexity index is 665. The molecular formula is C17H19NOS. The number of aryl methyl sites for hydroxylation is 1. The first-order valence-electron chi connectivity index (χ1n) is 7.05. The first-order valence-corrected chi connectivity index (χ1v) is 7.93. The van der Waals surface area contributed by atoms with Gasteiger partial charge in [0, 0.05) is 10.3 Å². The SMILES string of the molecule is CCCNC(c1cc2ccccc2o1)c1sccc1C. The van der Waals surface area contributed by atoms with Gasteiger partial charge in [0.15, 0.2) is 0 Å². The molecule has 104 valence electrons. The Morgan fingerprint density at radius 2 is 2.10 bits per heavy atom. The highest BCUT2D eigenvalue weighted by molar-refractivity contribution is 7.10. The molecule has 20 heavy (non-hydrogen) atoms. The summed E-state index contributed by atoms with van der Waals surface area (Å²) < 4.78 is 6.05. The van der Waals surface area contributed by atoms with Crippen LogP contribution in [0.2, 0.25) is 0 Å². The van der Waals surface area contributed by atoms with Gasteiger partial charge in [0.05, 0.1) is 0 Å².